The van der Waals surface area contributed by atoms with E-state index in [-0.39, 0.29) is 17.9 Å². The molecule has 0 saturated carbocycles. The second-order valence-electron chi connectivity index (χ2n) is 8.53. The van der Waals surface area contributed by atoms with Gasteiger partial charge in [-0.3, -0.25) is 4.79 Å². The summed E-state index contributed by atoms with van der Waals surface area (Å²) in [6, 6.07) is 25.0. The molecule has 1 aliphatic rings. The van der Waals surface area contributed by atoms with Crippen molar-refractivity contribution >= 4 is 22.4 Å². The second-order valence-corrected chi connectivity index (χ2v) is 8.53. The van der Waals surface area contributed by atoms with Crippen molar-refractivity contribution in [3.8, 4) is 0 Å². The van der Waals surface area contributed by atoms with Crippen LogP contribution < -0.4 is 4.90 Å². The monoisotopic (exact) mass is 445 g/mol. The number of anilines is 1. The van der Waals surface area contributed by atoms with Gasteiger partial charge in [-0.2, -0.15) is 13.2 Å². The molecule has 0 aliphatic carbocycles. The molecule has 0 fully saturated rings. The zero-order valence-electron chi connectivity index (χ0n) is 18.1. The number of amides is 1. The highest BCUT2D eigenvalue weighted by Crippen LogP contribution is 2.47. The van der Waals surface area contributed by atoms with Crippen molar-refractivity contribution in [3.05, 3.63) is 113 Å². The summed E-state index contributed by atoms with van der Waals surface area (Å²) in [5, 5.41) is 1.81. The minimum Gasteiger partial charge on any atom is -0.308 e. The van der Waals surface area contributed by atoms with Crippen molar-refractivity contribution in [2.75, 3.05) is 4.90 Å². The van der Waals surface area contributed by atoms with Gasteiger partial charge in [-0.05, 0) is 46.5 Å². The second kappa shape index (κ2) is 8.07. The third-order valence-corrected chi connectivity index (χ3v) is 6.33. The predicted octanol–water partition coefficient (Wildman–Crippen LogP) is 7.24. The van der Waals surface area contributed by atoms with Crippen molar-refractivity contribution in [3.63, 3.8) is 0 Å². The number of rotatable bonds is 3. The predicted molar refractivity (Wildman–Crippen MR) is 124 cm³/mol. The maximum atomic E-state index is 13.9. The molecule has 33 heavy (non-hydrogen) atoms. The van der Waals surface area contributed by atoms with Crippen LogP contribution in [0.2, 0.25) is 0 Å². The van der Waals surface area contributed by atoms with E-state index in [1.54, 1.807) is 11.0 Å². The van der Waals surface area contributed by atoms with Crippen LogP contribution in [-0.2, 0) is 17.5 Å². The normalized spacial score (nSPS) is 16.2. The number of aryl methyl sites for hydroxylation is 1. The third kappa shape index (κ3) is 3.88. The van der Waals surface area contributed by atoms with E-state index in [0.717, 1.165) is 33.5 Å². The van der Waals surface area contributed by atoms with Crippen molar-refractivity contribution in [2.45, 2.75) is 32.0 Å². The summed E-state index contributed by atoms with van der Waals surface area (Å²) in [6.45, 7) is 2.37. The van der Waals surface area contributed by atoms with Gasteiger partial charge in [0, 0.05) is 18.0 Å². The molecule has 1 atom stereocenters. The first kappa shape index (κ1) is 21.3. The fourth-order valence-corrected chi connectivity index (χ4v) is 4.90. The van der Waals surface area contributed by atoms with Crippen LogP contribution in [0.15, 0.2) is 84.9 Å². The molecule has 1 unspecified atom stereocenters. The molecule has 0 spiro atoms. The Morgan fingerprint density at radius 3 is 2.45 bits per heavy atom. The number of nitrogens with zero attached hydrogens (tertiary/aromatic N) is 1. The van der Waals surface area contributed by atoms with Crippen LogP contribution >= 0.6 is 0 Å². The van der Waals surface area contributed by atoms with Crippen LogP contribution in [0.5, 0.6) is 0 Å². The molecule has 1 heterocycles. The first-order chi connectivity index (χ1) is 15.8. The fourth-order valence-electron chi connectivity index (χ4n) is 4.90. The van der Waals surface area contributed by atoms with Gasteiger partial charge >= 0.3 is 6.18 Å². The molecule has 1 aliphatic heterocycles. The highest BCUT2D eigenvalue weighted by Gasteiger charge is 2.39. The van der Waals surface area contributed by atoms with Crippen molar-refractivity contribution in [2.24, 2.45) is 0 Å². The summed E-state index contributed by atoms with van der Waals surface area (Å²) in [7, 11) is 0. The Kier molecular flexibility index (Phi) is 5.20. The van der Waals surface area contributed by atoms with E-state index in [1.807, 2.05) is 67.6 Å². The Morgan fingerprint density at radius 1 is 0.909 bits per heavy atom. The average Bonchev–Trinajstić information content (AvgIpc) is 2.80. The molecular weight excluding hydrogens is 423 g/mol. The summed E-state index contributed by atoms with van der Waals surface area (Å²) < 4.78 is 41.7. The van der Waals surface area contributed by atoms with Crippen molar-refractivity contribution in [1.82, 2.24) is 0 Å². The first-order valence-electron chi connectivity index (χ1n) is 10.9. The van der Waals surface area contributed by atoms with Crippen molar-refractivity contribution in [1.29, 1.82) is 0 Å². The molecule has 0 N–H and O–H groups in total. The number of carbonyl (C=O) groups excluding carboxylic acids is 1. The lowest BCUT2D eigenvalue weighted by Crippen LogP contribution is -2.37. The first-order valence-corrected chi connectivity index (χ1v) is 10.9. The largest absolute Gasteiger partial charge is 0.416 e. The minimum absolute atomic E-state index is 0.0140. The molecule has 0 bridgehead atoms. The van der Waals surface area contributed by atoms with Crippen LogP contribution in [0.3, 0.4) is 0 Å². The van der Waals surface area contributed by atoms with Gasteiger partial charge in [0.2, 0.25) is 5.91 Å². The van der Waals surface area contributed by atoms with Crippen LogP contribution in [0.4, 0.5) is 18.9 Å². The van der Waals surface area contributed by atoms with E-state index in [9.17, 15) is 18.0 Å². The van der Waals surface area contributed by atoms with E-state index >= 15 is 0 Å². The molecule has 5 rings (SSSR count). The topological polar surface area (TPSA) is 20.3 Å². The van der Waals surface area contributed by atoms with Gasteiger partial charge in [-0.1, -0.05) is 78.4 Å². The number of hydrogen-bond donors (Lipinski definition) is 0. The average molecular weight is 445 g/mol. The number of benzene rings is 4. The lowest BCUT2D eigenvalue weighted by Gasteiger charge is -2.36. The summed E-state index contributed by atoms with van der Waals surface area (Å²) in [6.07, 6.45) is -4.51. The molecule has 5 heteroatoms. The van der Waals surface area contributed by atoms with Gasteiger partial charge in [-0.15, -0.1) is 0 Å². The Bertz CT molecular complexity index is 1360. The molecule has 4 aromatic carbocycles. The van der Waals surface area contributed by atoms with Crippen LogP contribution in [0.25, 0.3) is 10.8 Å². The van der Waals surface area contributed by atoms with Gasteiger partial charge < -0.3 is 4.90 Å². The van der Waals surface area contributed by atoms with Crippen LogP contribution in [0.1, 0.15) is 40.2 Å². The molecule has 0 radical (unpaired) electrons. The zero-order chi connectivity index (χ0) is 23.2. The molecule has 0 saturated heterocycles. The Balaban J connectivity index is 1.72. The summed E-state index contributed by atoms with van der Waals surface area (Å²) in [4.78, 5) is 15.1. The quantitative estimate of drug-likeness (QED) is 0.326. The molecular formula is C28H22F3NO. The maximum absolute atomic E-state index is 13.9. The van der Waals surface area contributed by atoms with Gasteiger partial charge in [0.1, 0.15) is 0 Å². The highest BCUT2D eigenvalue weighted by molar-refractivity contribution is 6.03. The van der Waals surface area contributed by atoms with Crippen molar-refractivity contribution < 1.29 is 18.0 Å². The standard InChI is InChI=1S/C28H22F3NO/c1-18-7-6-8-19(15-18)17-32-25-14-13-20-9-2-3-10-21(20)27(25)23(16-26(32)33)22-11-4-5-12-24(22)28(29,30)31/h2-15,23H,16-17H2,1H3. The molecule has 4 aromatic rings. The highest BCUT2D eigenvalue weighted by atomic mass is 19.4. The molecule has 0 aromatic heterocycles. The van der Waals surface area contributed by atoms with Crippen LogP contribution in [0, 0.1) is 6.92 Å². The molecule has 2 nitrogen and oxygen atoms in total. The Morgan fingerprint density at radius 2 is 1.67 bits per heavy atom. The number of fused-ring (bicyclic) bond motifs is 3. The number of alkyl halides is 3. The van der Waals surface area contributed by atoms with Gasteiger partial charge in [0.15, 0.2) is 0 Å². The number of halogens is 3. The minimum atomic E-state index is -4.50. The zero-order valence-corrected chi connectivity index (χ0v) is 18.1. The fraction of sp³-hybridized carbons (Fsp3) is 0.179. The molecule has 1 amide bonds. The van der Waals surface area contributed by atoms with Gasteiger partial charge in [-0.25, -0.2) is 0 Å². The third-order valence-electron chi connectivity index (χ3n) is 6.33. The molecule has 166 valence electrons. The smallest absolute Gasteiger partial charge is 0.308 e. The lowest BCUT2D eigenvalue weighted by molar-refractivity contribution is -0.138. The SMILES string of the molecule is Cc1cccc(CN2C(=O)CC(c3ccccc3C(F)(F)F)c3c2ccc2ccccc32)c1. The summed E-state index contributed by atoms with van der Waals surface area (Å²) >= 11 is 0. The van der Waals surface area contributed by atoms with E-state index in [0.29, 0.717) is 12.2 Å². The number of carbonyl (C=O) groups is 1. The van der Waals surface area contributed by atoms with Gasteiger partial charge in [0.25, 0.3) is 0 Å². The van der Waals surface area contributed by atoms with E-state index in [4.69, 9.17) is 0 Å². The summed E-state index contributed by atoms with van der Waals surface area (Å²) in [5.74, 6) is -0.855. The Labute approximate surface area is 190 Å². The van der Waals surface area contributed by atoms with Gasteiger partial charge in [0.05, 0.1) is 12.1 Å². The lowest BCUT2D eigenvalue weighted by atomic mass is 9.79. The van der Waals surface area contributed by atoms with E-state index in [1.165, 1.54) is 12.1 Å². The Hall–Kier alpha value is -3.60. The summed E-state index contributed by atoms with van der Waals surface area (Å²) in [5.41, 5.74) is 2.98. The van der Waals surface area contributed by atoms with Crippen LogP contribution in [-0.4, -0.2) is 5.91 Å². The maximum Gasteiger partial charge on any atom is 0.416 e. The van der Waals surface area contributed by atoms with E-state index < -0.39 is 17.7 Å². The number of hydrogen-bond acceptors (Lipinski definition) is 1. The van der Waals surface area contributed by atoms with E-state index in [2.05, 4.69) is 0 Å².